The first-order chi connectivity index (χ1) is 24.8. The summed E-state index contributed by atoms with van der Waals surface area (Å²) in [6.45, 7) is 1.82. The van der Waals surface area contributed by atoms with E-state index in [9.17, 15) is 0 Å². The van der Waals surface area contributed by atoms with E-state index in [0.29, 0.717) is 17.2 Å². The molecule has 0 saturated heterocycles. The van der Waals surface area contributed by atoms with Crippen molar-refractivity contribution in [3.05, 3.63) is 121 Å². The number of para-hydroxylation sites is 2. The topological polar surface area (TPSA) is 69.4 Å². The molecule has 9 rings (SSSR count). The molecular weight excluding hydrogens is 635 g/mol. The number of unbranched alkanes of at least 4 members (excludes halogenated alkanes) is 3. The summed E-state index contributed by atoms with van der Waals surface area (Å²) < 4.78 is 14.2. The lowest BCUT2D eigenvalue weighted by atomic mass is 9.67. The summed E-state index contributed by atoms with van der Waals surface area (Å²) in [5.41, 5.74) is 3.69. The van der Waals surface area contributed by atoms with Crippen LogP contribution < -0.4 is 22.5 Å². The molecule has 3 heterocycles. The number of fused-ring (bicyclic) bond motifs is 5. The molecule has 1 fully saturated rings. The maximum absolute atomic E-state index is 6.57. The summed E-state index contributed by atoms with van der Waals surface area (Å²) in [4.78, 5) is 15.8. The highest BCUT2D eigenvalue weighted by atomic mass is 27.2. The van der Waals surface area contributed by atoms with Crippen molar-refractivity contribution in [1.29, 1.82) is 0 Å². The molecule has 0 amide bonds. The Morgan fingerprint density at radius 3 is 2.40 bits per heavy atom. The number of hydrogen-bond acceptors (Lipinski definition) is 6. The standard InChI is InChI=1S/C33H37N3O2.C9H7NO.Al/c37-30-12-5-9-26-10-7-21-36(33(26)30)38-31-18-17-28(29-11-6-20-35-32(29)31)23-34-19-4-2-1-3-8-27-22-24-13-15-25(27)16-14-24;11-8-5-1-3-7-4-2-6-10-9(7)8;/h5-7,9-13,15,17-18,20-21,24-25,27,34H,1-4,8,14,16,19,22-23H2;1-6,11H;/q;;+2/p-1. The van der Waals surface area contributed by atoms with Crippen molar-refractivity contribution < 1.29 is 17.1 Å². The van der Waals surface area contributed by atoms with Crippen LogP contribution in [0.25, 0.3) is 32.7 Å². The van der Waals surface area contributed by atoms with Crippen molar-refractivity contribution in [2.75, 3.05) is 6.54 Å². The molecule has 7 nitrogen and oxygen atoms in total. The molecule has 1 N–H and O–H groups in total. The number of allylic oxidation sites excluding steroid dienone is 2. The normalized spacial score (nSPS) is 18.1. The summed E-state index contributed by atoms with van der Waals surface area (Å²) >= 11 is -0.855. The van der Waals surface area contributed by atoms with Gasteiger partial charge in [-0.3, -0.25) is 9.97 Å². The van der Waals surface area contributed by atoms with Gasteiger partial charge >= 0.3 is 21.4 Å². The number of nitrogens with zero attached hydrogens (tertiary/aromatic N) is 3. The molecule has 1 saturated carbocycles. The average Bonchev–Trinajstić information content (AvgIpc) is 3.17. The second-order valence-corrected chi connectivity index (χ2v) is 14.3. The number of hydrogen-bond donors (Lipinski definition) is 1. The predicted octanol–water partition coefficient (Wildman–Crippen LogP) is 8.70. The summed E-state index contributed by atoms with van der Waals surface area (Å²) in [5, 5.41) is 6.80. The number of nitrogens with one attached hydrogen (secondary N) is 1. The van der Waals surface area contributed by atoms with Gasteiger partial charge in [-0.1, -0.05) is 67.8 Å². The lowest BCUT2D eigenvalue weighted by Crippen LogP contribution is -2.40. The molecule has 0 aliphatic heterocycles. The maximum atomic E-state index is 6.57. The SMILES string of the molecule is C1=CC2CCC1CC2CCCCCCNCc1ccc(O[n+]2cccc3cccc([O][Al][O]c4cccc5cccnc45)c32)c2ncccc12. The Bertz CT molecular complexity index is 2110. The third kappa shape index (κ3) is 7.34. The van der Waals surface area contributed by atoms with Crippen LogP contribution in [0.2, 0.25) is 0 Å². The molecule has 251 valence electrons. The Morgan fingerprint density at radius 2 is 1.52 bits per heavy atom. The minimum Gasteiger partial charge on any atom is -0.614 e. The first kappa shape index (κ1) is 32.7. The van der Waals surface area contributed by atoms with E-state index in [1.54, 1.807) is 10.9 Å². The van der Waals surface area contributed by atoms with Gasteiger partial charge in [0.1, 0.15) is 16.8 Å². The van der Waals surface area contributed by atoms with Crippen LogP contribution in [0.5, 0.6) is 17.2 Å². The highest BCUT2D eigenvalue weighted by Gasteiger charge is 2.31. The van der Waals surface area contributed by atoms with Gasteiger partial charge in [-0.25, -0.2) is 4.84 Å². The first-order valence-corrected chi connectivity index (χ1v) is 19.1. The first-order valence-electron chi connectivity index (χ1n) is 18.2. The fourth-order valence-electron chi connectivity index (χ4n) is 7.84. The van der Waals surface area contributed by atoms with Crippen LogP contribution in [-0.4, -0.2) is 32.4 Å². The van der Waals surface area contributed by atoms with E-state index in [0.717, 1.165) is 63.6 Å². The molecule has 3 aromatic heterocycles. The van der Waals surface area contributed by atoms with Crippen molar-refractivity contribution in [2.45, 2.75) is 57.9 Å². The third-order valence-corrected chi connectivity index (χ3v) is 11.1. The zero-order valence-corrected chi connectivity index (χ0v) is 29.6. The van der Waals surface area contributed by atoms with Crippen LogP contribution in [0.1, 0.15) is 56.9 Å². The zero-order valence-electron chi connectivity index (χ0n) is 28.4. The molecule has 50 heavy (non-hydrogen) atoms. The number of pyridine rings is 3. The van der Waals surface area contributed by atoms with Crippen LogP contribution in [0.4, 0.5) is 0 Å². The minimum absolute atomic E-state index is 0.683. The Balaban J connectivity index is 0.892. The molecule has 6 aromatic rings. The average molecular weight is 679 g/mol. The van der Waals surface area contributed by atoms with E-state index in [1.807, 2.05) is 73.1 Å². The van der Waals surface area contributed by atoms with E-state index in [1.165, 1.54) is 56.9 Å². The van der Waals surface area contributed by atoms with Crippen molar-refractivity contribution in [1.82, 2.24) is 15.3 Å². The van der Waals surface area contributed by atoms with Gasteiger partial charge in [0.2, 0.25) is 11.9 Å². The lowest BCUT2D eigenvalue weighted by Gasteiger charge is -2.38. The highest BCUT2D eigenvalue weighted by Crippen LogP contribution is 2.42. The second kappa shape index (κ2) is 15.6. The van der Waals surface area contributed by atoms with Gasteiger partial charge in [-0.15, -0.1) is 0 Å². The van der Waals surface area contributed by atoms with Gasteiger partial charge in [0.15, 0.2) is 5.75 Å². The van der Waals surface area contributed by atoms with Gasteiger partial charge < -0.3 is 12.9 Å². The largest absolute Gasteiger partial charge is 0.882 e. The molecule has 3 unspecified atom stereocenters. The second-order valence-electron chi connectivity index (χ2n) is 13.7. The number of benzene rings is 3. The Labute approximate surface area is 300 Å². The summed E-state index contributed by atoms with van der Waals surface area (Å²) in [6.07, 6.45) is 21.4. The van der Waals surface area contributed by atoms with E-state index >= 15 is 0 Å². The van der Waals surface area contributed by atoms with Gasteiger partial charge in [-0.2, -0.15) is 0 Å². The van der Waals surface area contributed by atoms with E-state index < -0.39 is 15.9 Å². The molecule has 3 aromatic carbocycles. The Kier molecular flexibility index (Phi) is 10.2. The monoisotopic (exact) mass is 678 g/mol. The highest BCUT2D eigenvalue weighted by molar-refractivity contribution is 6.21. The van der Waals surface area contributed by atoms with Crippen LogP contribution >= 0.6 is 0 Å². The van der Waals surface area contributed by atoms with E-state index in [2.05, 4.69) is 46.7 Å². The number of rotatable bonds is 15. The molecule has 3 atom stereocenters. The van der Waals surface area contributed by atoms with Gasteiger partial charge in [0.05, 0.1) is 5.39 Å². The molecule has 8 heteroatoms. The fourth-order valence-corrected chi connectivity index (χ4v) is 8.47. The van der Waals surface area contributed by atoms with Crippen molar-refractivity contribution in [2.24, 2.45) is 17.8 Å². The maximum Gasteiger partial charge on any atom is 0.882 e. The summed E-state index contributed by atoms with van der Waals surface area (Å²) in [6, 6.07) is 28.2. The van der Waals surface area contributed by atoms with Gasteiger partial charge in [0.25, 0.3) is 0 Å². The van der Waals surface area contributed by atoms with Gasteiger partial charge in [-0.05, 0) is 104 Å². The molecule has 3 aliphatic carbocycles. The van der Waals surface area contributed by atoms with Crippen LogP contribution in [0.3, 0.4) is 0 Å². The molecule has 0 spiro atoms. The fraction of sp³-hybridized carbons (Fsp3) is 0.310. The minimum atomic E-state index is -0.855. The summed E-state index contributed by atoms with van der Waals surface area (Å²) in [5.74, 6) is 4.76. The molecule has 2 bridgehead atoms. The third-order valence-electron chi connectivity index (χ3n) is 10.4. The van der Waals surface area contributed by atoms with Crippen LogP contribution in [0, 0.1) is 17.8 Å². The van der Waals surface area contributed by atoms with Crippen molar-refractivity contribution >= 4 is 48.6 Å². The molecular formula is C42H43AlN4O3+. The lowest BCUT2D eigenvalue weighted by molar-refractivity contribution is -0.854. The quantitative estimate of drug-likeness (QED) is 0.0507. The summed E-state index contributed by atoms with van der Waals surface area (Å²) in [7, 11) is 0. The Hall–Kier alpha value is -4.48. The van der Waals surface area contributed by atoms with E-state index in [4.69, 9.17) is 17.4 Å². The molecule has 1 radical (unpaired) electrons. The van der Waals surface area contributed by atoms with Gasteiger partial charge in [0, 0.05) is 40.5 Å². The predicted molar refractivity (Wildman–Crippen MR) is 199 cm³/mol. The van der Waals surface area contributed by atoms with E-state index in [-0.39, 0.29) is 0 Å². The molecule has 3 aliphatic rings. The zero-order chi connectivity index (χ0) is 33.5. The van der Waals surface area contributed by atoms with Crippen molar-refractivity contribution in [3.63, 3.8) is 0 Å². The Morgan fingerprint density at radius 1 is 0.720 bits per heavy atom. The van der Waals surface area contributed by atoms with Crippen LogP contribution in [0.15, 0.2) is 116 Å². The van der Waals surface area contributed by atoms with Crippen molar-refractivity contribution in [3.8, 4) is 17.2 Å². The smallest absolute Gasteiger partial charge is 0.614 e. The van der Waals surface area contributed by atoms with Crippen LogP contribution in [-0.2, 0) is 6.54 Å². The number of aromatic nitrogens is 3.